The number of carbonyl (C=O) groups is 1. The molecule has 0 fully saturated rings. The fourth-order valence-electron chi connectivity index (χ4n) is 1.86. The lowest BCUT2D eigenvalue weighted by atomic mass is 10.1. The van der Waals surface area contributed by atoms with Gasteiger partial charge in [-0.1, -0.05) is 0 Å². The molecule has 2 rings (SSSR count). The van der Waals surface area contributed by atoms with E-state index < -0.39 is 5.82 Å². The quantitative estimate of drug-likeness (QED) is 0.812. The number of rotatable bonds is 4. The summed E-state index contributed by atoms with van der Waals surface area (Å²) in [5.41, 5.74) is 1.91. The molecule has 0 aromatic carbocycles. The number of halogens is 2. The van der Waals surface area contributed by atoms with Crippen molar-refractivity contribution in [1.82, 2.24) is 14.8 Å². The van der Waals surface area contributed by atoms with Crippen LogP contribution >= 0.6 is 15.9 Å². The fourth-order valence-corrected chi connectivity index (χ4v) is 2.28. The van der Waals surface area contributed by atoms with Crippen molar-refractivity contribution in [3.8, 4) is 0 Å². The lowest BCUT2D eigenvalue weighted by molar-refractivity contribution is 0.0989. The topological polar surface area (TPSA) is 47.8 Å². The smallest absolute Gasteiger partial charge is 0.170 e. The van der Waals surface area contributed by atoms with Crippen LogP contribution in [-0.2, 0) is 13.0 Å². The Bertz CT molecular complexity index is 624. The molecule has 0 aliphatic carbocycles. The van der Waals surface area contributed by atoms with E-state index >= 15 is 0 Å². The number of ketones is 1. The number of aromatic nitrogens is 3. The zero-order chi connectivity index (χ0) is 14.0. The summed E-state index contributed by atoms with van der Waals surface area (Å²) in [6.45, 7) is 4.50. The molecule has 2 aromatic rings. The van der Waals surface area contributed by atoms with E-state index in [1.54, 1.807) is 4.68 Å². The third-order valence-electron chi connectivity index (χ3n) is 2.81. The molecule has 0 N–H and O–H groups in total. The standard InChI is InChI=1S/C13H13BrFN3O/c1-3-18-11(13(14)8(2)17-18)5-12(19)9-4-10(15)7-16-6-9/h4,6-7H,3,5H2,1-2H3. The summed E-state index contributed by atoms with van der Waals surface area (Å²) in [5, 5.41) is 4.32. The van der Waals surface area contributed by atoms with E-state index in [2.05, 4.69) is 26.0 Å². The highest BCUT2D eigenvalue weighted by molar-refractivity contribution is 9.10. The zero-order valence-electron chi connectivity index (χ0n) is 10.7. The van der Waals surface area contributed by atoms with Gasteiger partial charge in [0.25, 0.3) is 0 Å². The van der Waals surface area contributed by atoms with Crippen LogP contribution in [0, 0.1) is 12.7 Å². The second kappa shape index (κ2) is 5.61. The van der Waals surface area contributed by atoms with E-state index in [0.717, 1.165) is 22.1 Å². The molecule has 0 atom stereocenters. The highest BCUT2D eigenvalue weighted by Crippen LogP contribution is 2.22. The van der Waals surface area contributed by atoms with Gasteiger partial charge in [0.1, 0.15) is 5.82 Å². The molecule has 0 saturated carbocycles. The summed E-state index contributed by atoms with van der Waals surface area (Å²) < 4.78 is 15.6. The minimum atomic E-state index is -0.509. The largest absolute Gasteiger partial charge is 0.294 e. The Morgan fingerprint density at radius 1 is 1.47 bits per heavy atom. The summed E-state index contributed by atoms with van der Waals surface area (Å²) in [4.78, 5) is 15.8. The van der Waals surface area contributed by atoms with Gasteiger partial charge in [-0.2, -0.15) is 5.10 Å². The van der Waals surface area contributed by atoms with Crippen LogP contribution in [-0.4, -0.2) is 20.5 Å². The van der Waals surface area contributed by atoms with Gasteiger partial charge in [-0.15, -0.1) is 0 Å². The maximum Gasteiger partial charge on any atom is 0.170 e. The summed E-state index contributed by atoms with van der Waals surface area (Å²) in [7, 11) is 0. The Labute approximate surface area is 118 Å². The van der Waals surface area contributed by atoms with Crippen molar-refractivity contribution >= 4 is 21.7 Å². The first kappa shape index (κ1) is 13.9. The Balaban J connectivity index is 2.29. The SMILES string of the molecule is CCn1nc(C)c(Br)c1CC(=O)c1cncc(F)c1. The van der Waals surface area contributed by atoms with Crippen molar-refractivity contribution in [2.45, 2.75) is 26.8 Å². The summed E-state index contributed by atoms with van der Waals surface area (Å²) in [6.07, 6.45) is 2.62. The highest BCUT2D eigenvalue weighted by atomic mass is 79.9. The Kier molecular flexibility index (Phi) is 4.09. The molecule has 0 radical (unpaired) electrons. The minimum Gasteiger partial charge on any atom is -0.294 e. The normalized spacial score (nSPS) is 10.7. The average Bonchev–Trinajstić information content (AvgIpc) is 2.66. The van der Waals surface area contributed by atoms with E-state index in [0.29, 0.717) is 6.54 Å². The lowest BCUT2D eigenvalue weighted by Crippen LogP contribution is -2.10. The van der Waals surface area contributed by atoms with Crippen LogP contribution < -0.4 is 0 Å². The molecule has 0 amide bonds. The molecule has 19 heavy (non-hydrogen) atoms. The number of pyridine rings is 1. The number of nitrogens with zero attached hydrogens (tertiary/aromatic N) is 3. The summed E-state index contributed by atoms with van der Waals surface area (Å²) in [5.74, 6) is -0.688. The van der Waals surface area contributed by atoms with Gasteiger partial charge in [-0.25, -0.2) is 4.39 Å². The number of hydrogen-bond donors (Lipinski definition) is 0. The average molecular weight is 326 g/mol. The van der Waals surface area contributed by atoms with E-state index in [1.807, 2.05) is 13.8 Å². The first-order valence-electron chi connectivity index (χ1n) is 5.88. The van der Waals surface area contributed by atoms with Crippen LogP contribution in [0.25, 0.3) is 0 Å². The van der Waals surface area contributed by atoms with E-state index in [9.17, 15) is 9.18 Å². The van der Waals surface area contributed by atoms with Gasteiger partial charge < -0.3 is 0 Å². The van der Waals surface area contributed by atoms with Crippen LogP contribution in [0.1, 0.15) is 28.7 Å². The molecule has 0 spiro atoms. The van der Waals surface area contributed by atoms with Gasteiger partial charge in [-0.3, -0.25) is 14.5 Å². The zero-order valence-corrected chi connectivity index (χ0v) is 12.2. The molecular formula is C13H13BrFN3O. The minimum absolute atomic E-state index is 0.167. The van der Waals surface area contributed by atoms with E-state index in [1.165, 1.54) is 12.3 Å². The molecule has 0 saturated heterocycles. The lowest BCUT2D eigenvalue weighted by Gasteiger charge is -2.05. The van der Waals surface area contributed by atoms with Crippen LogP contribution in [0.2, 0.25) is 0 Å². The monoisotopic (exact) mass is 325 g/mol. The maximum absolute atomic E-state index is 13.1. The molecule has 100 valence electrons. The fraction of sp³-hybridized carbons (Fsp3) is 0.308. The van der Waals surface area contributed by atoms with Crippen LogP contribution in [0.15, 0.2) is 22.9 Å². The molecule has 2 aromatic heterocycles. The first-order valence-corrected chi connectivity index (χ1v) is 6.67. The predicted molar refractivity (Wildman–Crippen MR) is 72.6 cm³/mol. The third kappa shape index (κ3) is 2.89. The predicted octanol–water partition coefficient (Wildman–Crippen LogP) is 2.93. The third-order valence-corrected chi connectivity index (χ3v) is 3.84. The van der Waals surface area contributed by atoms with Crippen molar-refractivity contribution in [3.05, 3.63) is 45.7 Å². The van der Waals surface area contributed by atoms with Crippen LogP contribution in [0.4, 0.5) is 4.39 Å². The maximum atomic E-state index is 13.1. The molecule has 4 nitrogen and oxygen atoms in total. The van der Waals surface area contributed by atoms with Gasteiger partial charge in [-0.05, 0) is 35.8 Å². The molecule has 2 heterocycles. The molecule has 0 bridgehead atoms. The van der Waals surface area contributed by atoms with Gasteiger partial charge in [0.2, 0.25) is 0 Å². The van der Waals surface area contributed by atoms with Crippen molar-refractivity contribution < 1.29 is 9.18 Å². The van der Waals surface area contributed by atoms with E-state index in [4.69, 9.17) is 0 Å². The van der Waals surface area contributed by atoms with Gasteiger partial charge in [0.05, 0.1) is 28.5 Å². The second-order valence-corrected chi connectivity index (χ2v) is 4.95. The summed E-state index contributed by atoms with van der Waals surface area (Å²) in [6, 6.07) is 1.20. The molecular weight excluding hydrogens is 313 g/mol. The van der Waals surface area contributed by atoms with Gasteiger partial charge >= 0.3 is 0 Å². The molecule has 0 aliphatic heterocycles. The second-order valence-electron chi connectivity index (χ2n) is 4.15. The van der Waals surface area contributed by atoms with Crippen LogP contribution in [0.3, 0.4) is 0 Å². The van der Waals surface area contributed by atoms with Gasteiger partial charge in [0, 0.05) is 18.3 Å². The van der Waals surface area contributed by atoms with E-state index in [-0.39, 0.29) is 17.8 Å². The number of hydrogen-bond acceptors (Lipinski definition) is 3. The molecule has 0 unspecified atom stereocenters. The van der Waals surface area contributed by atoms with Crippen molar-refractivity contribution in [2.75, 3.05) is 0 Å². The Morgan fingerprint density at radius 2 is 2.21 bits per heavy atom. The Morgan fingerprint density at radius 3 is 2.84 bits per heavy atom. The first-order chi connectivity index (χ1) is 9.02. The summed E-state index contributed by atoms with van der Waals surface area (Å²) >= 11 is 3.43. The van der Waals surface area contributed by atoms with Crippen LogP contribution in [0.5, 0.6) is 0 Å². The number of aryl methyl sites for hydroxylation is 2. The highest BCUT2D eigenvalue weighted by Gasteiger charge is 2.17. The molecule has 6 heteroatoms. The molecule has 0 aliphatic rings. The van der Waals surface area contributed by atoms with Gasteiger partial charge in [0.15, 0.2) is 5.78 Å². The number of Topliss-reactive ketones (excluding diaryl/α,β-unsaturated/α-hetero) is 1. The van der Waals surface area contributed by atoms with Crippen molar-refractivity contribution in [1.29, 1.82) is 0 Å². The van der Waals surface area contributed by atoms with Crippen molar-refractivity contribution in [3.63, 3.8) is 0 Å². The Hall–Kier alpha value is -1.56. The number of carbonyl (C=O) groups excluding carboxylic acids is 1. The van der Waals surface area contributed by atoms with Crippen molar-refractivity contribution in [2.24, 2.45) is 0 Å².